The molecular weight excluding hydrogens is 332 g/mol. The van der Waals surface area contributed by atoms with Gasteiger partial charge in [0.25, 0.3) is 0 Å². The Labute approximate surface area is 155 Å². The lowest BCUT2D eigenvalue weighted by molar-refractivity contribution is -0.119. The molecule has 0 aliphatic carbocycles. The van der Waals surface area contributed by atoms with Gasteiger partial charge in [-0.25, -0.2) is 9.78 Å². The summed E-state index contributed by atoms with van der Waals surface area (Å²) in [5.74, 6) is 0.516. The molecule has 1 aliphatic rings. The van der Waals surface area contributed by atoms with Gasteiger partial charge < -0.3 is 19.9 Å². The van der Waals surface area contributed by atoms with Crippen molar-refractivity contribution in [2.24, 2.45) is 5.92 Å². The van der Waals surface area contributed by atoms with Gasteiger partial charge in [-0.05, 0) is 39.3 Å². The Bertz CT molecular complexity index is 617. The van der Waals surface area contributed by atoms with Crippen LogP contribution in [0.25, 0.3) is 0 Å². The van der Waals surface area contributed by atoms with Crippen LogP contribution in [-0.4, -0.2) is 53.7 Å². The molecule has 1 unspecified atom stereocenters. The summed E-state index contributed by atoms with van der Waals surface area (Å²) in [6, 6.07) is 3.76. The molecule has 0 spiro atoms. The van der Waals surface area contributed by atoms with Crippen molar-refractivity contribution in [1.29, 1.82) is 0 Å². The van der Waals surface area contributed by atoms with Crippen LogP contribution in [0.4, 0.5) is 16.3 Å². The maximum atomic E-state index is 12.1. The van der Waals surface area contributed by atoms with Crippen molar-refractivity contribution in [3.8, 4) is 0 Å². The van der Waals surface area contributed by atoms with Crippen molar-refractivity contribution in [1.82, 2.24) is 9.88 Å². The van der Waals surface area contributed by atoms with Crippen LogP contribution < -0.4 is 10.2 Å². The van der Waals surface area contributed by atoms with Crippen molar-refractivity contribution < 1.29 is 14.3 Å². The van der Waals surface area contributed by atoms with Crippen LogP contribution in [0.15, 0.2) is 18.3 Å². The van der Waals surface area contributed by atoms with Gasteiger partial charge in [-0.1, -0.05) is 13.8 Å². The fourth-order valence-corrected chi connectivity index (χ4v) is 2.56. The SMILES string of the molecule is CCC(C)C(=O)Nc1ccc(N2CCN(C(=O)OC(C)(C)C)CC2)cn1. The molecule has 1 aromatic rings. The standard InChI is InChI=1S/C19H30N4O3/c1-6-14(2)17(24)21-16-8-7-15(13-20-16)22-9-11-23(12-10-22)18(25)26-19(3,4)5/h7-8,13-14H,6,9-12H2,1-5H3,(H,20,21,24). The Morgan fingerprint density at radius 1 is 1.23 bits per heavy atom. The zero-order valence-corrected chi connectivity index (χ0v) is 16.4. The van der Waals surface area contributed by atoms with Crippen LogP contribution in [0.2, 0.25) is 0 Å². The predicted octanol–water partition coefficient (Wildman–Crippen LogP) is 3.12. The Morgan fingerprint density at radius 2 is 1.88 bits per heavy atom. The number of nitrogens with zero attached hydrogens (tertiary/aromatic N) is 3. The highest BCUT2D eigenvalue weighted by Gasteiger charge is 2.26. The highest BCUT2D eigenvalue weighted by molar-refractivity contribution is 5.91. The molecular formula is C19H30N4O3. The number of hydrogen-bond donors (Lipinski definition) is 1. The van der Waals surface area contributed by atoms with Gasteiger partial charge >= 0.3 is 6.09 Å². The molecule has 7 nitrogen and oxygen atoms in total. The smallest absolute Gasteiger partial charge is 0.410 e. The van der Waals surface area contributed by atoms with Crippen molar-refractivity contribution in [3.63, 3.8) is 0 Å². The van der Waals surface area contributed by atoms with E-state index in [-0.39, 0.29) is 17.9 Å². The van der Waals surface area contributed by atoms with Crippen molar-refractivity contribution in [2.75, 3.05) is 36.4 Å². The van der Waals surface area contributed by atoms with E-state index in [0.717, 1.165) is 25.2 Å². The lowest BCUT2D eigenvalue weighted by Crippen LogP contribution is -2.50. The molecule has 2 amide bonds. The van der Waals surface area contributed by atoms with Crippen LogP contribution in [0.5, 0.6) is 0 Å². The van der Waals surface area contributed by atoms with Gasteiger partial charge in [-0.3, -0.25) is 4.79 Å². The Morgan fingerprint density at radius 3 is 2.38 bits per heavy atom. The van der Waals surface area contributed by atoms with Crippen LogP contribution in [0.3, 0.4) is 0 Å². The van der Waals surface area contributed by atoms with E-state index in [1.54, 1.807) is 11.1 Å². The minimum absolute atomic E-state index is 0.0151. The molecule has 1 saturated heterocycles. The fourth-order valence-electron chi connectivity index (χ4n) is 2.56. The van der Waals surface area contributed by atoms with E-state index in [9.17, 15) is 9.59 Å². The molecule has 2 heterocycles. The molecule has 2 rings (SSSR count). The summed E-state index contributed by atoms with van der Waals surface area (Å²) in [7, 11) is 0. The van der Waals surface area contributed by atoms with Gasteiger partial charge in [0.05, 0.1) is 11.9 Å². The monoisotopic (exact) mass is 362 g/mol. The molecule has 1 aliphatic heterocycles. The van der Waals surface area contributed by atoms with Crippen molar-refractivity contribution >= 4 is 23.5 Å². The number of carbonyl (C=O) groups is 2. The summed E-state index contributed by atoms with van der Waals surface area (Å²) >= 11 is 0. The van der Waals surface area contributed by atoms with E-state index in [2.05, 4.69) is 15.2 Å². The second-order valence-electron chi connectivity index (χ2n) is 7.65. The molecule has 7 heteroatoms. The largest absolute Gasteiger partial charge is 0.444 e. The quantitative estimate of drug-likeness (QED) is 0.891. The van der Waals surface area contributed by atoms with E-state index >= 15 is 0 Å². The molecule has 144 valence electrons. The number of piperazine rings is 1. The molecule has 1 atom stereocenters. The summed E-state index contributed by atoms with van der Waals surface area (Å²) in [5, 5.41) is 2.83. The number of carbonyl (C=O) groups excluding carboxylic acids is 2. The number of aromatic nitrogens is 1. The van der Waals surface area contributed by atoms with Crippen molar-refractivity contribution in [3.05, 3.63) is 18.3 Å². The second kappa shape index (κ2) is 8.38. The Hall–Kier alpha value is -2.31. The molecule has 1 N–H and O–H groups in total. The lowest BCUT2D eigenvalue weighted by Gasteiger charge is -2.36. The first-order chi connectivity index (χ1) is 12.2. The number of hydrogen-bond acceptors (Lipinski definition) is 5. The zero-order valence-electron chi connectivity index (χ0n) is 16.4. The third-order valence-electron chi connectivity index (χ3n) is 4.36. The second-order valence-corrected chi connectivity index (χ2v) is 7.65. The molecule has 0 aromatic carbocycles. The van der Waals surface area contributed by atoms with Gasteiger partial charge in [0.2, 0.25) is 5.91 Å². The number of amides is 2. The topological polar surface area (TPSA) is 74.8 Å². The molecule has 0 saturated carbocycles. The summed E-state index contributed by atoms with van der Waals surface area (Å²) in [4.78, 5) is 32.3. The Balaban J connectivity index is 1.88. The maximum absolute atomic E-state index is 12.1. The van der Waals surface area contributed by atoms with Gasteiger partial charge in [-0.15, -0.1) is 0 Å². The lowest BCUT2D eigenvalue weighted by atomic mass is 10.1. The first-order valence-electron chi connectivity index (χ1n) is 9.19. The molecule has 1 aromatic heterocycles. The van der Waals surface area contributed by atoms with Gasteiger partial charge in [0.15, 0.2) is 0 Å². The van der Waals surface area contributed by atoms with E-state index in [4.69, 9.17) is 4.74 Å². The highest BCUT2D eigenvalue weighted by Crippen LogP contribution is 2.19. The number of ether oxygens (including phenoxy) is 1. The number of anilines is 2. The van der Waals surface area contributed by atoms with Gasteiger partial charge in [0, 0.05) is 32.1 Å². The summed E-state index contributed by atoms with van der Waals surface area (Å²) in [5.41, 5.74) is 0.503. The molecule has 0 bridgehead atoms. The molecule has 0 radical (unpaired) electrons. The third kappa shape index (κ3) is 5.61. The maximum Gasteiger partial charge on any atom is 0.410 e. The summed E-state index contributed by atoms with van der Waals surface area (Å²) in [6.07, 6.45) is 2.29. The normalized spacial score (nSPS) is 16.2. The van der Waals surface area contributed by atoms with Crippen molar-refractivity contribution in [2.45, 2.75) is 46.6 Å². The first-order valence-corrected chi connectivity index (χ1v) is 9.19. The summed E-state index contributed by atoms with van der Waals surface area (Å²) < 4.78 is 5.42. The van der Waals surface area contributed by atoms with E-state index in [0.29, 0.717) is 18.9 Å². The van der Waals surface area contributed by atoms with E-state index < -0.39 is 5.60 Å². The van der Waals surface area contributed by atoms with Crippen LogP contribution >= 0.6 is 0 Å². The third-order valence-corrected chi connectivity index (χ3v) is 4.36. The molecule has 26 heavy (non-hydrogen) atoms. The number of pyridine rings is 1. The molecule has 1 fully saturated rings. The number of nitrogens with one attached hydrogen (secondary N) is 1. The average molecular weight is 362 g/mol. The minimum atomic E-state index is -0.478. The zero-order chi connectivity index (χ0) is 19.3. The van der Waals surface area contributed by atoms with E-state index in [1.165, 1.54) is 0 Å². The van der Waals surface area contributed by atoms with Crippen LogP contribution in [0.1, 0.15) is 41.0 Å². The van der Waals surface area contributed by atoms with Crippen LogP contribution in [0, 0.1) is 5.92 Å². The fraction of sp³-hybridized carbons (Fsp3) is 0.632. The number of rotatable bonds is 4. The van der Waals surface area contributed by atoms with Crippen LogP contribution in [-0.2, 0) is 9.53 Å². The first kappa shape index (κ1) is 20.0. The van der Waals surface area contributed by atoms with Gasteiger partial charge in [0.1, 0.15) is 11.4 Å². The van der Waals surface area contributed by atoms with E-state index in [1.807, 2.05) is 46.8 Å². The average Bonchev–Trinajstić information content (AvgIpc) is 2.60. The minimum Gasteiger partial charge on any atom is -0.444 e. The highest BCUT2D eigenvalue weighted by atomic mass is 16.6. The Kier molecular flexibility index (Phi) is 6.45. The van der Waals surface area contributed by atoms with Gasteiger partial charge in [-0.2, -0.15) is 0 Å². The predicted molar refractivity (Wildman–Crippen MR) is 102 cm³/mol. The summed E-state index contributed by atoms with van der Waals surface area (Å²) in [6.45, 7) is 12.2.